The zero-order valence-corrected chi connectivity index (χ0v) is 13.1. The summed E-state index contributed by atoms with van der Waals surface area (Å²) in [6, 6.07) is 12.8. The standard InChI is InChI=1S/C15H18BrNS/c1-10(2)9-11-3-5-12(6-4-11)15(17)13-7-8-14(16)18-13/h3-8,10,15H,9,17H2,1-2H3. The fourth-order valence-electron chi connectivity index (χ4n) is 1.99. The van der Waals surface area contributed by atoms with Crippen LogP contribution in [0.15, 0.2) is 40.2 Å². The monoisotopic (exact) mass is 323 g/mol. The number of hydrogen-bond donors (Lipinski definition) is 1. The highest BCUT2D eigenvalue weighted by Crippen LogP contribution is 2.29. The molecule has 0 fully saturated rings. The van der Waals surface area contributed by atoms with Gasteiger partial charge in [-0.15, -0.1) is 11.3 Å². The van der Waals surface area contributed by atoms with Crippen LogP contribution < -0.4 is 5.73 Å². The summed E-state index contributed by atoms with van der Waals surface area (Å²) in [5.41, 5.74) is 8.83. The van der Waals surface area contributed by atoms with Crippen molar-refractivity contribution in [3.63, 3.8) is 0 Å². The third kappa shape index (κ3) is 3.44. The first-order valence-electron chi connectivity index (χ1n) is 6.16. The first-order chi connectivity index (χ1) is 8.56. The number of thiophene rings is 1. The minimum Gasteiger partial charge on any atom is -0.320 e. The summed E-state index contributed by atoms with van der Waals surface area (Å²) in [6.45, 7) is 4.48. The molecule has 1 aromatic carbocycles. The van der Waals surface area contributed by atoms with Gasteiger partial charge in [0.2, 0.25) is 0 Å². The predicted molar refractivity (Wildman–Crippen MR) is 83.0 cm³/mol. The van der Waals surface area contributed by atoms with E-state index in [9.17, 15) is 0 Å². The lowest BCUT2D eigenvalue weighted by Crippen LogP contribution is -2.10. The van der Waals surface area contributed by atoms with Gasteiger partial charge in [-0.05, 0) is 51.5 Å². The Bertz CT molecular complexity index is 501. The van der Waals surface area contributed by atoms with Gasteiger partial charge in [0.15, 0.2) is 0 Å². The van der Waals surface area contributed by atoms with Gasteiger partial charge in [0.25, 0.3) is 0 Å². The van der Waals surface area contributed by atoms with Crippen LogP contribution in [0.3, 0.4) is 0 Å². The second kappa shape index (κ2) is 6.00. The average Bonchev–Trinajstić information content (AvgIpc) is 2.75. The molecule has 2 rings (SSSR count). The molecular formula is C15H18BrNS. The summed E-state index contributed by atoms with van der Waals surface area (Å²) in [5, 5.41) is 0. The Morgan fingerprint density at radius 2 is 1.78 bits per heavy atom. The second-order valence-corrected chi connectivity index (χ2v) is 7.45. The van der Waals surface area contributed by atoms with Gasteiger partial charge in [-0.25, -0.2) is 0 Å². The molecule has 0 aliphatic rings. The van der Waals surface area contributed by atoms with E-state index in [-0.39, 0.29) is 6.04 Å². The highest BCUT2D eigenvalue weighted by molar-refractivity contribution is 9.11. The fraction of sp³-hybridized carbons (Fsp3) is 0.333. The summed E-state index contributed by atoms with van der Waals surface area (Å²) in [5.74, 6) is 0.692. The number of benzene rings is 1. The molecule has 1 heterocycles. The van der Waals surface area contributed by atoms with Crippen LogP contribution in [0, 0.1) is 5.92 Å². The molecule has 0 saturated carbocycles. The smallest absolute Gasteiger partial charge is 0.0702 e. The van der Waals surface area contributed by atoms with Crippen LogP contribution in [-0.4, -0.2) is 0 Å². The van der Waals surface area contributed by atoms with E-state index in [1.165, 1.54) is 16.0 Å². The summed E-state index contributed by atoms with van der Waals surface area (Å²) in [4.78, 5) is 1.19. The van der Waals surface area contributed by atoms with Crippen LogP contribution in [0.5, 0.6) is 0 Å². The van der Waals surface area contributed by atoms with Crippen molar-refractivity contribution in [3.05, 3.63) is 56.2 Å². The number of rotatable bonds is 4. The van der Waals surface area contributed by atoms with Crippen LogP contribution in [-0.2, 0) is 6.42 Å². The predicted octanol–water partition coefficient (Wildman–Crippen LogP) is 4.76. The highest BCUT2D eigenvalue weighted by Gasteiger charge is 2.11. The summed E-state index contributed by atoms with van der Waals surface area (Å²) < 4.78 is 1.13. The minimum atomic E-state index is -0.0191. The number of hydrogen-bond acceptors (Lipinski definition) is 2. The van der Waals surface area contributed by atoms with Gasteiger partial charge in [-0.3, -0.25) is 0 Å². The Balaban J connectivity index is 2.14. The largest absolute Gasteiger partial charge is 0.320 e. The number of nitrogens with two attached hydrogens (primary N) is 1. The minimum absolute atomic E-state index is 0.0191. The van der Waals surface area contributed by atoms with Gasteiger partial charge in [0.1, 0.15) is 0 Å². The van der Waals surface area contributed by atoms with Crippen molar-refractivity contribution in [2.75, 3.05) is 0 Å². The van der Waals surface area contributed by atoms with Crippen molar-refractivity contribution >= 4 is 27.3 Å². The van der Waals surface area contributed by atoms with Gasteiger partial charge in [-0.1, -0.05) is 38.1 Å². The SMILES string of the molecule is CC(C)Cc1ccc(C(N)c2ccc(Br)s2)cc1. The van der Waals surface area contributed by atoms with Gasteiger partial charge in [-0.2, -0.15) is 0 Å². The second-order valence-electron chi connectivity index (χ2n) is 4.96. The van der Waals surface area contributed by atoms with Gasteiger partial charge < -0.3 is 5.73 Å². The molecule has 0 radical (unpaired) electrons. The van der Waals surface area contributed by atoms with Crippen molar-refractivity contribution in [1.82, 2.24) is 0 Å². The van der Waals surface area contributed by atoms with Gasteiger partial charge in [0.05, 0.1) is 9.83 Å². The van der Waals surface area contributed by atoms with Crippen LogP contribution >= 0.6 is 27.3 Å². The molecule has 0 aliphatic heterocycles. The first kappa shape index (κ1) is 13.8. The van der Waals surface area contributed by atoms with Crippen LogP contribution in [0.2, 0.25) is 0 Å². The highest BCUT2D eigenvalue weighted by atomic mass is 79.9. The van der Waals surface area contributed by atoms with E-state index in [1.54, 1.807) is 11.3 Å². The Kier molecular flexibility index (Phi) is 4.60. The first-order valence-corrected chi connectivity index (χ1v) is 7.77. The lowest BCUT2D eigenvalue weighted by Gasteiger charge is -2.11. The molecule has 0 saturated heterocycles. The summed E-state index contributed by atoms with van der Waals surface area (Å²) in [6.07, 6.45) is 1.13. The van der Waals surface area contributed by atoms with Crippen molar-refractivity contribution in [2.24, 2.45) is 11.7 Å². The van der Waals surface area contributed by atoms with Crippen molar-refractivity contribution in [2.45, 2.75) is 26.3 Å². The molecule has 1 aromatic heterocycles. The zero-order valence-electron chi connectivity index (χ0n) is 10.7. The van der Waals surface area contributed by atoms with E-state index < -0.39 is 0 Å². The maximum absolute atomic E-state index is 6.27. The van der Waals surface area contributed by atoms with Gasteiger partial charge in [0, 0.05) is 4.88 Å². The fourth-order valence-corrected chi connectivity index (χ4v) is 3.45. The molecule has 18 heavy (non-hydrogen) atoms. The number of halogens is 1. The van der Waals surface area contributed by atoms with Crippen molar-refractivity contribution in [1.29, 1.82) is 0 Å². The average molecular weight is 324 g/mol. The molecule has 0 bridgehead atoms. The summed E-state index contributed by atoms with van der Waals surface area (Å²) in [7, 11) is 0. The maximum atomic E-state index is 6.27. The van der Waals surface area contributed by atoms with Crippen LogP contribution in [0.4, 0.5) is 0 Å². The molecule has 2 aromatic rings. The topological polar surface area (TPSA) is 26.0 Å². The molecular weight excluding hydrogens is 306 g/mol. The third-order valence-corrected chi connectivity index (χ3v) is 4.59. The molecule has 3 heteroatoms. The Labute approximate surface area is 121 Å². The third-order valence-electron chi connectivity index (χ3n) is 2.88. The molecule has 0 amide bonds. The van der Waals surface area contributed by atoms with E-state index in [0.29, 0.717) is 5.92 Å². The van der Waals surface area contributed by atoms with E-state index in [1.807, 2.05) is 6.07 Å². The molecule has 1 atom stereocenters. The van der Waals surface area contributed by atoms with E-state index >= 15 is 0 Å². The molecule has 2 N–H and O–H groups in total. The van der Waals surface area contributed by atoms with Crippen molar-refractivity contribution < 1.29 is 0 Å². The Morgan fingerprint density at radius 3 is 2.28 bits per heavy atom. The van der Waals surface area contributed by atoms with E-state index in [2.05, 4.69) is 60.1 Å². The lowest BCUT2D eigenvalue weighted by atomic mass is 9.99. The lowest BCUT2D eigenvalue weighted by molar-refractivity contribution is 0.647. The molecule has 1 unspecified atom stereocenters. The molecule has 0 spiro atoms. The normalized spacial score (nSPS) is 12.9. The van der Waals surface area contributed by atoms with E-state index in [0.717, 1.165) is 10.2 Å². The zero-order chi connectivity index (χ0) is 13.1. The van der Waals surface area contributed by atoms with Crippen LogP contribution in [0.25, 0.3) is 0 Å². The van der Waals surface area contributed by atoms with Crippen LogP contribution in [0.1, 0.15) is 35.9 Å². The summed E-state index contributed by atoms with van der Waals surface area (Å²) >= 11 is 5.17. The van der Waals surface area contributed by atoms with E-state index in [4.69, 9.17) is 5.73 Å². The Hall–Kier alpha value is -0.640. The Morgan fingerprint density at radius 1 is 1.11 bits per heavy atom. The molecule has 1 nitrogen and oxygen atoms in total. The quantitative estimate of drug-likeness (QED) is 0.862. The molecule has 96 valence electrons. The molecule has 0 aliphatic carbocycles. The van der Waals surface area contributed by atoms with Gasteiger partial charge >= 0.3 is 0 Å². The maximum Gasteiger partial charge on any atom is 0.0702 e. The van der Waals surface area contributed by atoms with Crippen molar-refractivity contribution in [3.8, 4) is 0 Å².